The zero-order valence-electron chi connectivity index (χ0n) is 18.0. The Morgan fingerprint density at radius 1 is 0.697 bits per heavy atom. The van der Waals surface area contributed by atoms with E-state index in [-0.39, 0.29) is 13.1 Å². The van der Waals surface area contributed by atoms with Crippen LogP contribution in [0.25, 0.3) is 0 Å². The summed E-state index contributed by atoms with van der Waals surface area (Å²) in [5, 5.41) is 1.99. The van der Waals surface area contributed by atoms with E-state index < -0.39 is 0 Å². The van der Waals surface area contributed by atoms with Crippen LogP contribution in [0, 0.1) is 13.8 Å². The molecular weight excluding hydrogens is 587 g/mol. The molecule has 0 saturated carbocycles. The monoisotopic (exact) mass is 603 g/mol. The molecule has 10 heteroatoms. The summed E-state index contributed by atoms with van der Waals surface area (Å²) in [6.07, 6.45) is 0. The van der Waals surface area contributed by atoms with Gasteiger partial charge in [-0.1, -0.05) is 52.5 Å². The Kier molecular flexibility index (Phi) is 11.5. The van der Waals surface area contributed by atoms with Gasteiger partial charge in [-0.05, 0) is 75.2 Å². The van der Waals surface area contributed by atoms with Crippen molar-refractivity contribution in [3.05, 3.63) is 85.1 Å². The number of hydrogen-bond acceptors (Lipinski definition) is 3. The van der Waals surface area contributed by atoms with Crippen molar-refractivity contribution < 1.29 is 13.1 Å². The van der Waals surface area contributed by atoms with E-state index in [4.69, 9.17) is 66.6 Å². The van der Waals surface area contributed by atoms with Crippen molar-refractivity contribution in [1.82, 2.24) is 4.98 Å². The molecule has 0 aliphatic heterocycles. The third-order valence-corrected chi connectivity index (χ3v) is 5.52. The van der Waals surface area contributed by atoms with Crippen LogP contribution >= 0.6 is 66.6 Å². The fourth-order valence-corrected chi connectivity index (χ4v) is 4.25. The van der Waals surface area contributed by atoms with Crippen LogP contribution in [0.1, 0.15) is 36.4 Å². The molecule has 2 aromatic carbocycles. The third-order valence-electron chi connectivity index (χ3n) is 4.37. The zero-order chi connectivity index (χ0) is 24.7. The van der Waals surface area contributed by atoms with Gasteiger partial charge in [0.05, 0.1) is 42.9 Å². The van der Waals surface area contributed by atoms with Gasteiger partial charge in [0.25, 0.3) is 0 Å². The van der Waals surface area contributed by atoms with Crippen LogP contribution in [0.4, 0.5) is 11.4 Å². The van der Waals surface area contributed by atoms with Crippen molar-refractivity contribution in [3.8, 4) is 0 Å². The normalized spacial score (nSPS) is 11.9. The second kappa shape index (κ2) is 13.3. The Morgan fingerprint density at radius 3 is 1.30 bits per heavy atom. The molecule has 0 unspecified atom stereocenters. The first-order chi connectivity index (χ1) is 15.6. The van der Waals surface area contributed by atoms with E-state index in [0.29, 0.717) is 54.3 Å². The summed E-state index contributed by atoms with van der Waals surface area (Å²) >= 11 is 25.5. The minimum absolute atomic E-state index is 0.194. The van der Waals surface area contributed by atoms with E-state index in [2.05, 4.69) is 15.0 Å². The average Bonchev–Trinajstić information content (AvgIpc) is 2.73. The number of aryl methyl sites for hydroxylation is 2. The van der Waals surface area contributed by atoms with Crippen LogP contribution in [-0.4, -0.2) is 16.4 Å². The fraction of sp³-hybridized carbons (Fsp3) is 0.174. The molecule has 0 radical (unpaired) electrons. The number of rotatable bonds is 4. The Morgan fingerprint density at radius 2 is 1.00 bits per heavy atom. The standard InChI is InChI=1S/C23H19Cl4N3.2ClH.Fe/c1-12-8-16(24)22(17(25)9-12)28-14(3)20-6-5-7-21(30-20)15(4)29-23-18(26)10-13(2)11-19(23)27;;;/h5-11H,1-4H3;2*1H;/q;;;+2/p-2. The summed E-state index contributed by atoms with van der Waals surface area (Å²) in [7, 11) is 9.53. The van der Waals surface area contributed by atoms with E-state index in [1.54, 1.807) is 0 Å². The van der Waals surface area contributed by atoms with Gasteiger partial charge in [-0.15, -0.1) is 0 Å². The number of nitrogens with zero attached hydrogens (tertiary/aromatic N) is 3. The summed E-state index contributed by atoms with van der Waals surface area (Å²) in [6.45, 7) is 7.58. The Hall–Kier alpha value is -0.811. The summed E-state index contributed by atoms with van der Waals surface area (Å²) in [5.74, 6) is 0. The van der Waals surface area contributed by atoms with Crippen molar-refractivity contribution in [2.24, 2.45) is 9.98 Å². The number of hydrogen-bond donors (Lipinski definition) is 0. The predicted molar refractivity (Wildman–Crippen MR) is 142 cm³/mol. The molecule has 176 valence electrons. The molecule has 0 atom stereocenters. The number of halogens is 6. The molecule has 0 N–H and O–H groups in total. The van der Waals surface area contributed by atoms with Crippen LogP contribution in [0.15, 0.2) is 52.4 Å². The molecule has 0 bridgehead atoms. The first-order valence-electron chi connectivity index (χ1n) is 9.42. The van der Waals surface area contributed by atoms with E-state index >= 15 is 0 Å². The van der Waals surface area contributed by atoms with Crippen LogP contribution in [-0.2, 0) is 13.1 Å². The molecule has 0 saturated heterocycles. The molecule has 3 aromatic rings. The van der Waals surface area contributed by atoms with Gasteiger partial charge in [0, 0.05) is 0 Å². The Bertz CT molecular complexity index is 1080. The first-order valence-corrected chi connectivity index (χ1v) is 14.0. The zero-order valence-corrected chi connectivity index (χ0v) is 23.6. The average molecular weight is 606 g/mol. The minimum atomic E-state index is 0.194. The van der Waals surface area contributed by atoms with E-state index in [9.17, 15) is 0 Å². The SMILES string of the molecule is CC(=Nc1c(Cl)cc(C)cc1Cl)c1cccc(C(C)=Nc2c(Cl)cc(C)cc2Cl)n1.[Cl][Fe][Cl]. The third kappa shape index (κ3) is 8.13. The Balaban J connectivity index is 0.00000122. The number of benzene rings is 2. The number of aliphatic imine (C=N–C) groups is 2. The van der Waals surface area contributed by atoms with Crippen LogP contribution in [0.3, 0.4) is 0 Å². The van der Waals surface area contributed by atoms with Gasteiger partial charge in [-0.25, -0.2) is 15.0 Å². The molecule has 0 aliphatic carbocycles. The van der Waals surface area contributed by atoms with Crippen molar-refractivity contribution in [2.75, 3.05) is 0 Å². The quantitative estimate of drug-likeness (QED) is 0.215. The van der Waals surface area contributed by atoms with Crippen LogP contribution < -0.4 is 0 Å². The molecular formula is C23H19Cl6FeN3. The number of aromatic nitrogens is 1. The summed E-state index contributed by atoms with van der Waals surface area (Å²) in [6, 6.07) is 13.0. The number of pyridine rings is 1. The van der Waals surface area contributed by atoms with Gasteiger partial charge >= 0.3 is 33.3 Å². The van der Waals surface area contributed by atoms with Crippen LogP contribution in [0.2, 0.25) is 20.1 Å². The molecule has 0 fully saturated rings. The second-order valence-corrected chi connectivity index (χ2v) is 10.5. The topological polar surface area (TPSA) is 37.6 Å². The second-order valence-electron chi connectivity index (χ2n) is 7.01. The van der Waals surface area contributed by atoms with Crippen molar-refractivity contribution in [1.29, 1.82) is 0 Å². The van der Waals surface area contributed by atoms with Crippen molar-refractivity contribution in [2.45, 2.75) is 27.7 Å². The fourth-order valence-electron chi connectivity index (χ4n) is 2.89. The predicted octanol–water partition coefficient (Wildman–Crippen LogP) is 9.97. The maximum absolute atomic E-state index is 6.32. The van der Waals surface area contributed by atoms with E-state index in [1.165, 1.54) is 0 Å². The Labute approximate surface area is 228 Å². The van der Waals surface area contributed by atoms with Gasteiger partial charge in [-0.3, -0.25) is 0 Å². The van der Waals surface area contributed by atoms with Crippen LogP contribution in [0.5, 0.6) is 0 Å². The first kappa shape index (κ1) is 28.4. The summed E-state index contributed by atoms with van der Waals surface area (Å²) in [4.78, 5) is 13.9. The van der Waals surface area contributed by atoms with E-state index in [0.717, 1.165) is 11.1 Å². The summed E-state index contributed by atoms with van der Waals surface area (Å²) < 4.78 is 0. The molecule has 3 nitrogen and oxygen atoms in total. The molecule has 1 aromatic heterocycles. The molecule has 0 aliphatic rings. The maximum atomic E-state index is 6.32. The van der Waals surface area contributed by atoms with Gasteiger partial charge in [0.15, 0.2) is 0 Å². The summed E-state index contributed by atoms with van der Waals surface area (Å²) in [5.41, 5.74) is 5.75. The van der Waals surface area contributed by atoms with Crippen molar-refractivity contribution >= 4 is 89.4 Å². The van der Waals surface area contributed by atoms with E-state index in [1.807, 2.05) is 70.2 Å². The van der Waals surface area contributed by atoms with Gasteiger partial charge < -0.3 is 0 Å². The molecule has 1 heterocycles. The van der Waals surface area contributed by atoms with Gasteiger partial charge in [0.1, 0.15) is 11.4 Å². The van der Waals surface area contributed by atoms with Gasteiger partial charge in [-0.2, -0.15) is 0 Å². The molecule has 33 heavy (non-hydrogen) atoms. The molecule has 0 spiro atoms. The van der Waals surface area contributed by atoms with Crippen molar-refractivity contribution in [3.63, 3.8) is 0 Å². The molecule has 3 rings (SSSR count). The van der Waals surface area contributed by atoms with Gasteiger partial charge in [0.2, 0.25) is 0 Å². The molecule has 0 amide bonds.